The van der Waals surface area contributed by atoms with E-state index in [0.29, 0.717) is 43.2 Å². The second-order valence-corrected chi connectivity index (χ2v) is 6.18. The molecule has 1 N–H and O–H groups in total. The van der Waals surface area contributed by atoms with Crippen LogP contribution < -0.4 is 4.74 Å². The van der Waals surface area contributed by atoms with E-state index in [0.717, 1.165) is 0 Å². The molecule has 2 rings (SSSR count). The van der Waals surface area contributed by atoms with Gasteiger partial charge < -0.3 is 19.5 Å². The number of likely N-dealkylation sites (tertiary alicyclic amines) is 1. The van der Waals surface area contributed by atoms with Crippen LogP contribution in [0, 0.1) is 0 Å². The Hall–Kier alpha value is -1.79. The highest BCUT2D eigenvalue weighted by Crippen LogP contribution is 2.25. The van der Waals surface area contributed by atoms with E-state index in [9.17, 15) is 9.59 Å². The molecule has 0 spiro atoms. The first-order chi connectivity index (χ1) is 11.5. The van der Waals surface area contributed by atoms with E-state index < -0.39 is 5.97 Å². The van der Waals surface area contributed by atoms with E-state index >= 15 is 0 Å². The van der Waals surface area contributed by atoms with E-state index in [1.54, 1.807) is 24.1 Å². The largest absolute Gasteiger partial charge is 0.492 e. The van der Waals surface area contributed by atoms with Gasteiger partial charge in [-0.15, -0.1) is 0 Å². The first-order valence-corrected chi connectivity index (χ1v) is 8.30. The monoisotopic (exact) mass is 355 g/mol. The highest BCUT2D eigenvalue weighted by atomic mass is 35.5. The molecule has 1 fully saturated rings. The zero-order chi connectivity index (χ0) is 17.5. The van der Waals surface area contributed by atoms with E-state index in [1.165, 1.54) is 0 Å². The number of carboxylic acids is 1. The first kappa shape index (κ1) is 18.5. The number of hydrogen-bond donors (Lipinski definition) is 1. The van der Waals surface area contributed by atoms with Crippen molar-refractivity contribution >= 4 is 23.5 Å². The van der Waals surface area contributed by atoms with Crippen molar-refractivity contribution in [3.63, 3.8) is 0 Å². The third kappa shape index (κ3) is 5.11. The van der Waals surface area contributed by atoms with Crippen molar-refractivity contribution < 1.29 is 24.2 Å². The molecule has 0 saturated carbocycles. The molecule has 7 heteroatoms. The smallest absolute Gasteiger partial charge is 0.305 e. The normalized spacial score (nSPS) is 20.2. The summed E-state index contributed by atoms with van der Waals surface area (Å²) in [5, 5.41) is 9.52. The van der Waals surface area contributed by atoms with E-state index in [1.807, 2.05) is 12.1 Å². The maximum absolute atomic E-state index is 12.4. The summed E-state index contributed by atoms with van der Waals surface area (Å²) in [6, 6.07) is 6.87. The van der Waals surface area contributed by atoms with Crippen molar-refractivity contribution in [3.8, 4) is 5.75 Å². The summed E-state index contributed by atoms with van der Waals surface area (Å²) in [5.41, 5.74) is 0. The van der Waals surface area contributed by atoms with Crippen LogP contribution >= 0.6 is 11.6 Å². The Bertz CT molecular complexity index is 580. The van der Waals surface area contributed by atoms with Crippen LogP contribution in [0.4, 0.5) is 0 Å². The number of methoxy groups -OCH3 is 1. The van der Waals surface area contributed by atoms with Gasteiger partial charge in [0.05, 0.1) is 24.2 Å². The summed E-state index contributed by atoms with van der Waals surface area (Å²) >= 11 is 6.00. The molecule has 0 radical (unpaired) electrons. The number of ether oxygens (including phenoxy) is 2. The summed E-state index contributed by atoms with van der Waals surface area (Å²) < 4.78 is 10.8. The van der Waals surface area contributed by atoms with Gasteiger partial charge in [0.25, 0.3) is 0 Å². The molecule has 0 aromatic heterocycles. The number of halogens is 1. The average Bonchev–Trinajstić information content (AvgIpc) is 2.95. The lowest BCUT2D eigenvalue weighted by molar-refractivity contribution is -0.140. The highest BCUT2D eigenvalue weighted by Gasteiger charge is 2.36. The molecule has 0 bridgehead atoms. The summed E-state index contributed by atoms with van der Waals surface area (Å²) in [6.45, 7) is 0.819. The van der Waals surface area contributed by atoms with Gasteiger partial charge in [-0.2, -0.15) is 0 Å². The number of nitrogens with zero attached hydrogens (tertiary/aromatic N) is 1. The average molecular weight is 356 g/mol. The molecule has 2 unspecified atom stereocenters. The van der Waals surface area contributed by atoms with Gasteiger partial charge in [0.1, 0.15) is 5.75 Å². The van der Waals surface area contributed by atoms with E-state index in [4.69, 9.17) is 26.2 Å². The second-order valence-electron chi connectivity index (χ2n) is 5.77. The molecule has 24 heavy (non-hydrogen) atoms. The fourth-order valence-electron chi connectivity index (χ4n) is 2.86. The van der Waals surface area contributed by atoms with Crippen molar-refractivity contribution in [2.75, 3.05) is 20.3 Å². The van der Waals surface area contributed by atoms with Crippen LogP contribution in [0.3, 0.4) is 0 Å². The molecule has 1 aliphatic heterocycles. The quantitative estimate of drug-likeness (QED) is 0.725. The van der Waals surface area contributed by atoms with Crippen LogP contribution in [0.25, 0.3) is 0 Å². The van der Waals surface area contributed by atoms with Gasteiger partial charge in [-0.25, -0.2) is 0 Å². The van der Waals surface area contributed by atoms with Gasteiger partial charge in [-0.1, -0.05) is 23.7 Å². The Kier molecular flexibility index (Phi) is 6.87. The molecule has 1 aromatic rings. The van der Waals surface area contributed by atoms with E-state index in [-0.39, 0.29) is 24.5 Å². The van der Waals surface area contributed by atoms with Crippen LogP contribution in [0.15, 0.2) is 24.3 Å². The molecule has 1 heterocycles. The third-order valence-corrected chi connectivity index (χ3v) is 4.38. The molecule has 1 aliphatic rings. The van der Waals surface area contributed by atoms with Crippen molar-refractivity contribution in [1.82, 2.24) is 4.90 Å². The number of hydrogen-bond acceptors (Lipinski definition) is 4. The topological polar surface area (TPSA) is 76.1 Å². The van der Waals surface area contributed by atoms with Gasteiger partial charge in [-0.3, -0.25) is 9.59 Å². The molecule has 2 atom stereocenters. The van der Waals surface area contributed by atoms with Gasteiger partial charge >= 0.3 is 5.97 Å². The Morgan fingerprint density at radius 1 is 1.38 bits per heavy atom. The summed E-state index contributed by atoms with van der Waals surface area (Å²) in [5.74, 6) is -0.379. The third-order valence-electron chi connectivity index (χ3n) is 4.07. The number of carbonyl (C=O) groups is 2. The summed E-state index contributed by atoms with van der Waals surface area (Å²) in [7, 11) is 1.58. The predicted octanol–water partition coefficient (Wildman–Crippen LogP) is 2.59. The van der Waals surface area contributed by atoms with Crippen molar-refractivity contribution in [2.45, 2.75) is 37.8 Å². The van der Waals surface area contributed by atoms with Crippen LogP contribution in [0.2, 0.25) is 5.02 Å². The maximum Gasteiger partial charge on any atom is 0.305 e. The fraction of sp³-hybridized carbons (Fsp3) is 0.529. The zero-order valence-corrected chi connectivity index (χ0v) is 14.4. The molecule has 1 saturated heterocycles. The Morgan fingerprint density at radius 3 is 2.79 bits per heavy atom. The lowest BCUT2D eigenvalue weighted by Gasteiger charge is -2.23. The summed E-state index contributed by atoms with van der Waals surface area (Å²) in [4.78, 5) is 25.0. The minimum atomic E-state index is -0.906. The predicted molar refractivity (Wildman–Crippen MR) is 89.3 cm³/mol. The van der Waals surface area contributed by atoms with Crippen LogP contribution in [0.1, 0.15) is 25.7 Å². The number of aliphatic carboxylic acids is 1. The Labute approximate surface area is 146 Å². The van der Waals surface area contributed by atoms with Gasteiger partial charge in [0.15, 0.2) is 0 Å². The SMILES string of the molecule is COC1CC(CC(=O)O)N(C(=O)CCCOc2ccccc2Cl)C1. The van der Waals surface area contributed by atoms with Gasteiger partial charge in [0.2, 0.25) is 5.91 Å². The molecular formula is C17H22ClNO5. The number of carboxylic acid groups (broad SMARTS) is 1. The van der Waals surface area contributed by atoms with Gasteiger partial charge in [-0.05, 0) is 25.0 Å². The number of para-hydroxylation sites is 1. The minimum absolute atomic E-state index is 0.0538. The molecule has 1 aromatic carbocycles. The highest BCUT2D eigenvalue weighted by molar-refractivity contribution is 6.32. The van der Waals surface area contributed by atoms with Crippen molar-refractivity contribution in [1.29, 1.82) is 0 Å². The van der Waals surface area contributed by atoms with Crippen molar-refractivity contribution in [3.05, 3.63) is 29.3 Å². The lowest BCUT2D eigenvalue weighted by Crippen LogP contribution is -2.37. The Balaban J connectivity index is 1.80. The first-order valence-electron chi connectivity index (χ1n) is 7.92. The number of rotatable bonds is 8. The van der Waals surface area contributed by atoms with Gasteiger partial charge in [0, 0.05) is 26.1 Å². The lowest BCUT2D eigenvalue weighted by atomic mass is 10.1. The van der Waals surface area contributed by atoms with E-state index in [2.05, 4.69) is 0 Å². The van der Waals surface area contributed by atoms with Crippen LogP contribution in [-0.4, -0.2) is 54.3 Å². The molecule has 132 valence electrons. The molecular weight excluding hydrogens is 334 g/mol. The maximum atomic E-state index is 12.4. The standard InChI is InChI=1S/C17H22ClNO5/c1-23-13-9-12(10-17(21)22)19(11-13)16(20)7-4-8-24-15-6-3-2-5-14(15)18/h2-3,5-6,12-13H,4,7-11H2,1H3,(H,21,22). The number of amides is 1. The Morgan fingerprint density at radius 2 is 2.12 bits per heavy atom. The van der Waals surface area contributed by atoms with Crippen LogP contribution in [0.5, 0.6) is 5.75 Å². The van der Waals surface area contributed by atoms with Crippen molar-refractivity contribution in [2.24, 2.45) is 0 Å². The minimum Gasteiger partial charge on any atom is -0.492 e. The number of benzene rings is 1. The zero-order valence-electron chi connectivity index (χ0n) is 13.6. The molecule has 0 aliphatic carbocycles. The summed E-state index contributed by atoms with van der Waals surface area (Å²) in [6.07, 6.45) is 1.25. The second kappa shape index (κ2) is 8.89. The molecule has 1 amide bonds. The molecule has 6 nitrogen and oxygen atoms in total. The number of carbonyl (C=O) groups excluding carboxylic acids is 1. The fourth-order valence-corrected chi connectivity index (χ4v) is 3.05. The van der Waals surface area contributed by atoms with Crippen LogP contribution in [-0.2, 0) is 14.3 Å².